The zero-order valence-corrected chi connectivity index (χ0v) is 13.5. The van der Waals surface area contributed by atoms with Crippen molar-refractivity contribution in [3.8, 4) is 0 Å². The van der Waals surface area contributed by atoms with Gasteiger partial charge in [-0.3, -0.25) is 0 Å². The van der Waals surface area contributed by atoms with Crippen LogP contribution in [0.25, 0.3) is 0 Å². The van der Waals surface area contributed by atoms with Gasteiger partial charge < -0.3 is 9.47 Å². The topological polar surface area (TPSA) is 18.5 Å². The van der Waals surface area contributed by atoms with Crippen LogP contribution in [0.3, 0.4) is 0 Å². The first-order valence-electron chi connectivity index (χ1n) is 8.69. The van der Waals surface area contributed by atoms with Crippen molar-refractivity contribution in [1.82, 2.24) is 0 Å². The van der Waals surface area contributed by atoms with Crippen LogP contribution in [0.1, 0.15) is 58.8 Å². The average molecular weight is 288 g/mol. The Hall–Kier alpha value is -0.600. The second-order valence-electron chi connectivity index (χ2n) is 8.05. The highest BCUT2D eigenvalue weighted by molar-refractivity contribution is 5.35. The first-order chi connectivity index (χ1) is 10.0. The minimum absolute atomic E-state index is 0.283. The van der Waals surface area contributed by atoms with Crippen molar-refractivity contribution >= 4 is 0 Å². The summed E-state index contributed by atoms with van der Waals surface area (Å²) in [5.74, 6) is 0.0782. The van der Waals surface area contributed by atoms with Crippen LogP contribution in [-0.2, 0) is 9.47 Å². The van der Waals surface area contributed by atoms with Gasteiger partial charge in [0.2, 0.25) is 0 Å². The van der Waals surface area contributed by atoms with Crippen LogP contribution in [-0.4, -0.2) is 19.0 Å². The molecule has 1 saturated heterocycles. The smallest absolute Gasteiger partial charge is 0.190 e. The normalized spacial score (nSPS) is 45.1. The van der Waals surface area contributed by atoms with Crippen molar-refractivity contribution in [2.45, 2.75) is 64.6 Å². The third-order valence-electron chi connectivity index (χ3n) is 6.94. The lowest BCUT2D eigenvalue weighted by molar-refractivity contribution is -0.164. The number of allylic oxidation sites excluding steroid dienone is 2. The van der Waals surface area contributed by atoms with Crippen LogP contribution < -0.4 is 0 Å². The summed E-state index contributed by atoms with van der Waals surface area (Å²) >= 11 is 0. The summed E-state index contributed by atoms with van der Waals surface area (Å²) in [5, 5.41) is 0. The molecule has 0 radical (unpaired) electrons. The lowest BCUT2D eigenvalue weighted by atomic mass is 9.47. The molecule has 0 aromatic rings. The van der Waals surface area contributed by atoms with E-state index in [1.807, 2.05) is 0 Å². The highest BCUT2D eigenvalue weighted by Crippen LogP contribution is 2.65. The zero-order chi connectivity index (χ0) is 14.7. The third-order valence-corrected chi connectivity index (χ3v) is 6.94. The van der Waals surface area contributed by atoms with Gasteiger partial charge in [0.15, 0.2) is 5.79 Å². The molecule has 2 nitrogen and oxygen atoms in total. The number of rotatable bonds is 0. The third kappa shape index (κ3) is 1.78. The lowest BCUT2D eigenvalue weighted by Gasteiger charge is -2.59. The van der Waals surface area contributed by atoms with Gasteiger partial charge in [-0.05, 0) is 60.8 Å². The van der Waals surface area contributed by atoms with Crippen LogP contribution in [0.15, 0.2) is 23.8 Å². The monoisotopic (exact) mass is 288 g/mol. The van der Waals surface area contributed by atoms with Crippen LogP contribution in [0, 0.1) is 16.7 Å². The van der Waals surface area contributed by atoms with Crippen LogP contribution >= 0.6 is 0 Å². The molecule has 3 atom stereocenters. The zero-order valence-electron chi connectivity index (χ0n) is 13.5. The molecule has 4 aliphatic rings. The predicted molar refractivity (Wildman–Crippen MR) is 83.9 cm³/mol. The lowest BCUT2D eigenvalue weighted by Crippen LogP contribution is -2.52. The number of fused-ring (bicyclic) bond motifs is 3. The molecule has 21 heavy (non-hydrogen) atoms. The Kier molecular flexibility index (Phi) is 2.97. The number of hydrogen-bond donors (Lipinski definition) is 0. The fraction of sp³-hybridized carbons (Fsp3) is 0.789. The summed E-state index contributed by atoms with van der Waals surface area (Å²) in [7, 11) is 0. The van der Waals surface area contributed by atoms with Crippen molar-refractivity contribution in [3.05, 3.63) is 23.8 Å². The van der Waals surface area contributed by atoms with E-state index in [2.05, 4.69) is 26.5 Å². The second kappa shape index (κ2) is 4.45. The van der Waals surface area contributed by atoms with Crippen molar-refractivity contribution in [1.29, 1.82) is 0 Å². The van der Waals surface area contributed by atoms with Gasteiger partial charge in [0.1, 0.15) is 0 Å². The van der Waals surface area contributed by atoms with Crippen molar-refractivity contribution in [3.63, 3.8) is 0 Å². The quantitative estimate of drug-likeness (QED) is 0.606. The SMILES string of the molecule is C=C1C2CC[C@@]3(C)CCCC=C3[C@@]2(C)CCC12OCCO2. The van der Waals surface area contributed by atoms with Crippen molar-refractivity contribution in [2.24, 2.45) is 16.7 Å². The fourth-order valence-corrected chi connectivity index (χ4v) is 5.77. The summed E-state index contributed by atoms with van der Waals surface area (Å²) in [6.45, 7) is 10.9. The van der Waals surface area contributed by atoms with Gasteiger partial charge in [0.25, 0.3) is 0 Å². The molecule has 116 valence electrons. The summed E-state index contributed by atoms with van der Waals surface area (Å²) in [4.78, 5) is 0. The Bertz CT molecular complexity index is 500. The molecule has 1 unspecified atom stereocenters. The molecule has 0 N–H and O–H groups in total. The van der Waals surface area contributed by atoms with Gasteiger partial charge in [0.05, 0.1) is 13.2 Å². The Balaban J connectivity index is 1.72. The maximum atomic E-state index is 6.01. The highest BCUT2D eigenvalue weighted by atomic mass is 16.7. The maximum absolute atomic E-state index is 6.01. The molecule has 4 rings (SSSR count). The molecule has 3 aliphatic carbocycles. The average Bonchev–Trinajstić information content (AvgIpc) is 2.93. The van der Waals surface area contributed by atoms with Gasteiger partial charge in [-0.15, -0.1) is 0 Å². The van der Waals surface area contributed by atoms with Crippen LogP contribution in [0.2, 0.25) is 0 Å². The molecule has 2 saturated carbocycles. The van der Waals surface area contributed by atoms with Gasteiger partial charge in [-0.2, -0.15) is 0 Å². The minimum atomic E-state index is -0.451. The van der Waals surface area contributed by atoms with E-state index < -0.39 is 5.79 Å². The van der Waals surface area contributed by atoms with E-state index in [0.29, 0.717) is 11.3 Å². The summed E-state index contributed by atoms with van der Waals surface area (Å²) in [6.07, 6.45) is 11.3. The van der Waals surface area contributed by atoms with E-state index in [1.165, 1.54) is 44.1 Å². The van der Waals surface area contributed by atoms with Crippen molar-refractivity contribution < 1.29 is 9.47 Å². The molecular weight excluding hydrogens is 260 g/mol. The fourth-order valence-electron chi connectivity index (χ4n) is 5.77. The first kappa shape index (κ1) is 14.0. The van der Waals surface area contributed by atoms with Crippen LogP contribution in [0.4, 0.5) is 0 Å². The van der Waals surface area contributed by atoms with E-state index in [4.69, 9.17) is 9.47 Å². The number of hydrogen-bond acceptors (Lipinski definition) is 2. The first-order valence-corrected chi connectivity index (χ1v) is 8.69. The van der Waals surface area contributed by atoms with E-state index in [-0.39, 0.29) is 5.41 Å². The molecule has 1 heterocycles. The standard InChI is InChI=1S/C19H28O2/c1-14-15-7-9-17(2)8-5-4-6-16(17)18(15,3)10-11-19(14)20-12-13-21-19/h6,15H,1,4-5,7-13H2,2-3H3/t15?,17-,18+/m1/s1. The second-order valence-corrected chi connectivity index (χ2v) is 8.05. The van der Waals surface area contributed by atoms with Crippen LogP contribution in [0.5, 0.6) is 0 Å². The summed E-state index contributed by atoms with van der Waals surface area (Å²) in [5.41, 5.74) is 3.67. The Morgan fingerprint density at radius 3 is 2.62 bits per heavy atom. The van der Waals surface area contributed by atoms with Gasteiger partial charge in [-0.25, -0.2) is 0 Å². The van der Waals surface area contributed by atoms with Gasteiger partial charge >= 0.3 is 0 Å². The molecule has 3 fully saturated rings. The molecule has 0 aromatic carbocycles. The summed E-state index contributed by atoms with van der Waals surface area (Å²) < 4.78 is 12.0. The molecule has 0 bridgehead atoms. The van der Waals surface area contributed by atoms with Gasteiger partial charge in [-0.1, -0.05) is 32.1 Å². The Morgan fingerprint density at radius 1 is 1.10 bits per heavy atom. The Labute approximate surface area is 128 Å². The minimum Gasteiger partial charge on any atom is -0.344 e. The van der Waals surface area contributed by atoms with E-state index >= 15 is 0 Å². The molecule has 1 spiro atoms. The summed E-state index contributed by atoms with van der Waals surface area (Å²) in [6, 6.07) is 0. The Morgan fingerprint density at radius 2 is 1.86 bits per heavy atom. The van der Waals surface area contributed by atoms with E-state index in [9.17, 15) is 0 Å². The molecule has 1 aliphatic heterocycles. The largest absolute Gasteiger partial charge is 0.344 e. The molecule has 2 heteroatoms. The van der Waals surface area contributed by atoms with Crippen molar-refractivity contribution in [2.75, 3.05) is 13.2 Å². The number of ether oxygens (including phenoxy) is 2. The predicted octanol–water partition coefficient (Wildman–Crippen LogP) is 4.61. The molecule has 0 amide bonds. The van der Waals surface area contributed by atoms with E-state index in [0.717, 1.165) is 19.6 Å². The highest BCUT2D eigenvalue weighted by Gasteiger charge is 2.58. The maximum Gasteiger partial charge on any atom is 0.190 e. The molecule has 0 aromatic heterocycles. The van der Waals surface area contributed by atoms with Gasteiger partial charge in [0, 0.05) is 6.42 Å². The van der Waals surface area contributed by atoms with E-state index in [1.54, 1.807) is 5.57 Å². The molecular formula is C19H28O2.